The number of hydrogen-bond donors (Lipinski definition) is 0. The highest BCUT2D eigenvalue weighted by atomic mass is 19.4. The van der Waals surface area contributed by atoms with Gasteiger partial charge in [0.1, 0.15) is 11.6 Å². The molecule has 2 aromatic carbocycles. The van der Waals surface area contributed by atoms with Gasteiger partial charge in [-0.05, 0) is 50.8 Å². The van der Waals surface area contributed by atoms with Crippen LogP contribution in [0.1, 0.15) is 22.8 Å². The highest BCUT2D eigenvalue weighted by molar-refractivity contribution is 6.04. The van der Waals surface area contributed by atoms with Crippen LogP contribution in [0, 0.1) is 0 Å². The molecule has 6 nitrogen and oxygen atoms in total. The number of rotatable bonds is 8. The summed E-state index contributed by atoms with van der Waals surface area (Å²) in [5, 5.41) is 0. The number of likely N-dealkylation sites (N-methyl/N-ethyl adjacent to an activating group) is 1. The molecule has 0 radical (unpaired) electrons. The second-order valence-electron chi connectivity index (χ2n) is 8.50. The van der Waals surface area contributed by atoms with Crippen LogP contribution in [0.3, 0.4) is 0 Å². The van der Waals surface area contributed by atoms with E-state index in [2.05, 4.69) is 4.90 Å². The van der Waals surface area contributed by atoms with Crippen molar-refractivity contribution in [1.82, 2.24) is 4.90 Å². The maximum Gasteiger partial charge on any atom is 0.490 e. The lowest BCUT2D eigenvalue weighted by Crippen LogP contribution is -2.61. The number of nitrogens with zero attached hydrogens (tertiary/aromatic N) is 2. The Bertz CT molecular complexity index is 974. The standard InChI is InChI=1S/C25H29F3N2O4/c1-18(34-23(32)25(26,27)28)24(29(2)3,17-19-7-5-4-6-8-19)22(31)20-9-11-21(12-10-20)30-13-15-33-16-14-30/h4-12,18H,13-17H2,1-3H3. The number of halogens is 3. The third kappa shape index (κ3) is 5.59. The molecule has 0 spiro atoms. The van der Waals surface area contributed by atoms with E-state index in [-0.39, 0.29) is 6.42 Å². The summed E-state index contributed by atoms with van der Waals surface area (Å²) in [5.41, 5.74) is 0.402. The first kappa shape index (κ1) is 25.7. The monoisotopic (exact) mass is 478 g/mol. The molecule has 0 aromatic heterocycles. The summed E-state index contributed by atoms with van der Waals surface area (Å²) < 4.78 is 49.1. The van der Waals surface area contributed by atoms with E-state index in [4.69, 9.17) is 9.47 Å². The summed E-state index contributed by atoms with van der Waals surface area (Å²) in [6.07, 6.45) is -6.50. The lowest BCUT2D eigenvalue weighted by atomic mass is 9.78. The van der Waals surface area contributed by atoms with Gasteiger partial charge in [0.25, 0.3) is 0 Å². The molecule has 2 unspecified atom stereocenters. The Morgan fingerprint density at radius 2 is 1.62 bits per heavy atom. The molecule has 0 amide bonds. The topological polar surface area (TPSA) is 59.1 Å². The normalized spacial score (nSPS) is 17.2. The fourth-order valence-electron chi connectivity index (χ4n) is 4.26. The number of carbonyl (C=O) groups is 2. The van der Waals surface area contributed by atoms with Gasteiger partial charge in [0.15, 0.2) is 5.78 Å². The highest BCUT2D eigenvalue weighted by Gasteiger charge is 2.51. The molecule has 34 heavy (non-hydrogen) atoms. The third-order valence-electron chi connectivity index (χ3n) is 6.20. The molecule has 0 aliphatic carbocycles. The van der Waals surface area contributed by atoms with Crippen molar-refractivity contribution in [1.29, 1.82) is 0 Å². The van der Waals surface area contributed by atoms with Crippen LogP contribution >= 0.6 is 0 Å². The van der Waals surface area contributed by atoms with Gasteiger partial charge in [0.2, 0.25) is 0 Å². The van der Waals surface area contributed by atoms with E-state index in [1.54, 1.807) is 56.6 Å². The first-order valence-electron chi connectivity index (χ1n) is 11.0. The summed E-state index contributed by atoms with van der Waals surface area (Å²) in [7, 11) is 3.20. The number of benzene rings is 2. The van der Waals surface area contributed by atoms with Gasteiger partial charge in [0.05, 0.1) is 13.2 Å². The zero-order valence-corrected chi connectivity index (χ0v) is 19.5. The van der Waals surface area contributed by atoms with Gasteiger partial charge in [-0.25, -0.2) is 4.79 Å². The molecule has 184 valence electrons. The number of Topliss-reactive ketones (excluding diaryl/α,β-unsaturated/α-hetero) is 1. The second kappa shape index (κ2) is 10.6. The minimum Gasteiger partial charge on any atom is -0.454 e. The smallest absolute Gasteiger partial charge is 0.454 e. The minimum atomic E-state index is -5.16. The summed E-state index contributed by atoms with van der Waals surface area (Å²) in [5.74, 6) is -2.76. The van der Waals surface area contributed by atoms with Gasteiger partial charge in [-0.2, -0.15) is 13.2 Å². The van der Waals surface area contributed by atoms with E-state index in [1.807, 2.05) is 12.1 Å². The second-order valence-corrected chi connectivity index (χ2v) is 8.50. The van der Waals surface area contributed by atoms with Crippen molar-refractivity contribution >= 4 is 17.4 Å². The number of ether oxygens (including phenoxy) is 2. The summed E-state index contributed by atoms with van der Waals surface area (Å²) in [6.45, 7) is 4.01. The number of ketones is 1. The Kier molecular flexibility index (Phi) is 7.99. The van der Waals surface area contributed by atoms with Crippen molar-refractivity contribution < 1.29 is 32.2 Å². The molecule has 2 atom stereocenters. The molecule has 1 aliphatic heterocycles. The minimum absolute atomic E-state index is 0.0528. The van der Waals surface area contributed by atoms with Gasteiger partial charge < -0.3 is 14.4 Å². The van der Waals surface area contributed by atoms with Gasteiger partial charge in [-0.3, -0.25) is 9.69 Å². The largest absolute Gasteiger partial charge is 0.490 e. The first-order chi connectivity index (χ1) is 16.1. The van der Waals surface area contributed by atoms with Crippen molar-refractivity contribution in [3.8, 4) is 0 Å². The van der Waals surface area contributed by atoms with Crippen LogP contribution in [-0.4, -0.2) is 74.9 Å². The van der Waals surface area contributed by atoms with Crippen molar-refractivity contribution in [2.75, 3.05) is 45.3 Å². The zero-order chi connectivity index (χ0) is 24.9. The Hall–Kier alpha value is -2.91. The van der Waals surface area contributed by atoms with E-state index in [0.717, 1.165) is 24.3 Å². The molecule has 1 saturated heterocycles. The van der Waals surface area contributed by atoms with E-state index < -0.39 is 29.6 Å². The van der Waals surface area contributed by atoms with Crippen molar-refractivity contribution in [2.45, 2.75) is 31.2 Å². The number of anilines is 1. The molecular formula is C25H29F3N2O4. The van der Waals surface area contributed by atoms with Crippen LogP contribution in [0.25, 0.3) is 0 Å². The maximum absolute atomic E-state index is 13.9. The number of morpholine rings is 1. The average Bonchev–Trinajstić information content (AvgIpc) is 2.82. The molecule has 1 fully saturated rings. The fourth-order valence-corrected chi connectivity index (χ4v) is 4.26. The van der Waals surface area contributed by atoms with Crippen LogP contribution in [0.15, 0.2) is 54.6 Å². The average molecular weight is 479 g/mol. The lowest BCUT2D eigenvalue weighted by Gasteiger charge is -2.42. The lowest BCUT2D eigenvalue weighted by molar-refractivity contribution is -0.208. The predicted molar refractivity (Wildman–Crippen MR) is 122 cm³/mol. The Morgan fingerprint density at radius 3 is 2.15 bits per heavy atom. The quantitative estimate of drug-likeness (QED) is 0.426. The predicted octanol–water partition coefficient (Wildman–Crippen LogP) is 3.74. The Balaban J connectivity index is 1.98. The van der Waals surface area contributed by atoms with Gasteiger partial charge in [0, 0.05) is 30.8 Å². The highest BCUT2D eigenvalue weighted by Crippen LogP contribution is 2.32. The number of hydrogen-bond acceptors (Lipinski definition) is 6. The van der Waals surface area contributed by atoms with Crippen LogP contribution < -0.4 is 4.90 Å². The molecule has 1 aliphatic rings. The first-order valence-corrected chi connectivity index (χ1v) is 11.0. The summed E-state index contributed by atoms with van der Waals surface area (Å²) in [6, 6.07) is 15.9. The molecule has 3 rings (SSSR count). The van der Waals surface area contributed by atoms with Gasteiger partial charge in [-0.1, -0.05) is 30.3 Å². The Morgan fingerprint density at radius 1 is 1.03 bits per heavy atom. The van der Waals surface area contributed by atoms with Gasteiger partial charge >= 0.3 is 12.1 Å². The van der Waals surface area contributed by atoms with Crippen LogP contribution in [0.4, 0.5) is 18.9 Å². The zero-order valence-electron chi connectivity index (χ0n) is 19.5. The van der Waals surface area contributed by atoms with E-state index >= 15 is 0 Å². The van der Waals surface area contributed by atoms with E-state index in [9.17, 15) is 22.8 Å². The van der Waals surface area contributed by atoms with Crippen molar-refractivity contribution in [2.24, 2.45) is 0 Å². The van der Waals surface area contributed by atoms with E-state index in [0.29, 0.717) is 18.8 Å². The van der Waals surface area contributed by atoms with Gasteiger partial charge in [-0.15, -0.1) is 0 Å². The fraction of sp³-hybridized carbons (Fsp3) is 0.440. The molecule has 0 bridgehead atoms. The molecule has 1 heterocycles. The number of carbonyl (C=O) groups excluding carboxylic acids is 2. The Labute approximate surface area is 197 Å². The molecular weight excluding hydrogens is 449 g/mol. The SMILES string of the molecule is CC(OC(=O)C(F)(F)F)C(Cc1ccccc1)(C(=O)c1ccc(N2CCOCC2)cc1)N(C)C. The molecule has 9 heteroatoms. The maximum atomic E-state index is 13.9. The van der Waals surface area contributed by atoms with Crippen LogP contribution in [0.2, 0.25) is 0 Å². The van der Waals surface area contributed by atoms with Crippen molar-refractivity contribution in [3.05, 3.63) is 65.7 Å². The van der Waals surface area contributed by atoms with Crippen LogP contribution in [0.5, 0.6) is 0 Å². The van der Waals surface area contributed by atoms with E-state index in [1.165, 1.54) is 11.8 Å². The third-order valence-corrected chi connectivity index (χ3v) is 6.20. The van der Waals surface area contributed by atoms with Crippen molar-refractivity contribution in [3.63, 3.8) is 0 Å². The molecule has 0 saturated carbocycles. The van der Waals surface area contributed by atoms with Crippen LogP contribution in [-0.2, 0) is 20.7 Å². The number of alkyl halides is 3. The summed E-state index contributed by atoms with van der Waals surface area (Å²) >= 11 is 0. The number of esters is 1. The summed E-state index contributed by atoms with van der Waals surface area (Å²) in [4.78, 5) is 29.3. The molecule has 2 aromatic rings. The molecule has 0 N–H and O–H groups in total.